The van der Waals surface area contributed by atoms with Gasteiger partial charge in [0.05, 0.1) is 0 Å². The first-order chi connectivity index (χ1) is 15.3. The lowest BCUT2D eigenvalue weighted by Crippen LogP contribution is -2.40. The summed E-state index contributed by atoms with van der Waals surface area (Å²) < 4.78 is 5.56. The first-order valence-electron chi connectivity index (χ1n) is 10.8. The first-order valence-corrected chi connectivity index (χ1v) is 10.8. The minimum absolute atomic E-state index is 0.0359. The zero-order valence-corrected chi connectivity index (χ0v) is 18.6. The van der Waals surface area contributed by atoms with Crippen LogP contribution in [-0.2, 0) is 11.3 Å². The van der Waals surface area contributed by atoms with Crippen molar-refractivity contribution in [2.24, 2.45) is 0 Å². The summed E-state index contributed by atoms with van der Waals surface area (Å²) in [6.07, 6.45) is -0.457. The molecule has 5 nitrogen and oxygen atoms in total. The molecule has 0 spiro atoms. The number of benzene rings is 3. The van der Waals surface area contributed by atoms with E-state index in [2.05, 4.69) is 34.9 Å². The number of carbonyl (C=O) groups is 2. The van der Waals surface area contributed by atoms with E-state index in [1.807, 2.05) is 57.2 Å². The van der Waals surface area contributed by atoms with E-state index in [0.717, 1.165) is 5.56 Å². The van der Waals surface area contributed by atoms with Gasteiger partial charge >= 0.3 is 6.09 Å². The number of fused-ring (bicyclic) bond motifs is 3. The van der Waals surface area contributed by atoms with Crippen LogP contribution in [0.25, 0.3) is 11.1 Å². The van der Waals surface area contributed by atoms with E-state index in [1.165, 1.54) is 22.3 Å². The smallest absolute Gasteiger partial charge is 0.407 e. The molecule has 2 amide bonds. The summed E-state index contributed by atoms with van der Waals surface area (Å²) in [5.74, 6) is -0.0812. The van der Waals surface area contributed by atoms with Gasteiger partial charge in [0, 0.05) is 23.6 Å². The van der Waals surface area contributed by atoms with Crippen molar-refractivity contribution in [1.29, 1.82) is 0 Å². The van der Waals surface area contributed by atoms with Crippen LogP contribution in [0.5, 0.6) is 0 Å². The largest absolute Gasteiger partial charge is 0.449 e. The van der Waals surface area contributed by atoms with Crippen molar-refractivity contribution in [2.75, 3.05) is 6.61 Å². The number of hydrogen-bond acceptors (Lipinski definition) is 3. The van der Waals surface area contributed by atoms with Crippen LogP contribution in [0.3, 0.4) is 0 Å². The molecule has 0 unspecified atom stereocenters. The number of nitrogens with one attached hydrogen (secondary N) is 2. The molecule has 5 heteroatoms. The van der Waals surface area contributed by atoms with Crippen molar-refractivity contribution < 1.29 is 14.3 Å². The Balaban J connectivity index is 1.32. The molecule has 164 valence electrons. The molecule has 1 aliphatic carbocycles. The molecule has 0 saturated carbocycles. The second kappa shape index (κ2) is 8.87. The Morgan fingerprint density at radius 1 is 0.844 bits per heavy atom. The lowest BCUT2D eigenvalue weighted by molar-refractivity contribution is 0.0919. The van der Waals surface area contributed by atoms with Crippen molar-refractivity contribution in [1.82, 2.24) is 10.6 Å². The predicted molar refractivity (Wildman–Crippen MR) is 126 cm³/mol. The van der Waals surface area contributed by atoms with Gasteiger partial charge in [-0.2, -0.15) is 0 Å². The second-order valence-electron chi connectivity index (χ2n) is 9.08. The molecule has 3 aromatic carbocycles. The minimum Gasteiger partial charge on any atom is -0.449 e. The fraction of sp³-hybridized carbons (Fsp3) is 0.259. The van der Waals surface area contributed by atoms with Gasteiger partial charge in [-0.05, 0) is 60.7 Å². The van der Waals surface area contributed by atoms with Crippen LogP contribution in [0.4, 0.5) is 4.79 Å². The molecule has 0 radical (unpaired) electrons. The third kappa shape index (κ3) is 4.83. The standard InChI is InChI=1S/C27H28N2O3/c1-27(2,3)29-25(30)19-14-12-18(13-15-19)16-28-26(31)32-17-24-22-10-6-4-8-20(22)21-9-5-7-11-23(21)24/h4-15,24H,16-17H2,1-3H3,(H,28,31)(H,29,30). The molecule has 2 N–H and O–H groups in total. The second-order valence-corrected chi connectivity index (χ2v) is 9.08. The molecule has 0 fully saturated rings. The minimum atomic E-state index is -0.457. The normalized spacial score (nSPS) is 12.6. The maximum absolute atomic E-state index is 12.3. The third-order valence-corrected chi connectivity index (χ3v) is 5.49. The van der Waals surface area contributed by atoms with Gasteiger partial charge in [0.15, 0.2) is 0 Å². The van der Waals surface area contributed by atoms with Crippen LogP contribution in [0, 0.1) is 0 Å². The monoisotopic (exact) mass is 428 g/mol. The maximum Gasteiger partial charge on any atom is 0.407 e. The van der Waals surface area contributed by atoms with Crippen molar-refractivity contribution in [3.63, 3.8) is 0 Å². The van der Waals surface area contributed by atoms with Crippen LogP contribution in [0.2, 0.25) is 0 Å². The van der Waals surface area contributed by atoms with Crippen LogP contribution >= 0.6 is 0 Å². The van der Waals surface area contributed by atoms with Gasteiger partial charge in [-0.3, -0.25) is 4.79 Å². The van der Waals surface area contributed by atoms with E-state index in [1.54, 1.807) is 12.1 Å². The summed E-state index contributed by atoms with van der Waals surface area (Å²) in [7, 11) is 0. The van der Waals surface area contributed by atoms with E-state index in [9.17, 15) is 9.59 Å². The van der Waals surface area contributed by atoms with E-state index in [-0.39, 0.29) is 24.0 Å². The van der Waals surface area contributed by atoms with Gasteiger partial charge in [0.1, 0.15) is 6.61 Å². The molecular weight excluding hydrogens is 400 g/mol. The van der Waals surface area contributed by atoms with Gasteiger partial charge in [0.2, 0.25) is 0 Å². The van der Waals surface area contributed by atoms with Gasteiger partial charge in [-0.1, -0.05) is 60.7 Å². The van der Waals surface area contributed by atoms with Gasteiger partial charge in [0.25, 0.3) is 5.91 Å². The number of hydrogen-bond donors (Lipinski definition) is 2. The zero-order valence-electron chi connectivity index (χ0n) is 18.6. The van der Waals surface area contributed by atoms with Crippen molar-refractivity contribution in [3.8, 4) is 11.1 Å². The predicted octanol–water partition coefficient (Wildman–Crippen LogP) is 5.25. The van der Waals surface area contributed by atoms with Gasteiger partial charge < -0.3 is 15.4 Å². The summed E-state index contributed by atoms with van der Waals surface area (Å²) in [6, 6.07) is 23.7. The van der Waals surface area contributed by atoms with Gasteiger partial charge in [-0.25, -0.2) is 4.79 Å². The van der Waals surface area contributed by atoms with Crippen LogP contribution in [-0.4, -0.2) is 24.1 Å². The molecular formula is C27H28N2O3. The molecule has 0 saturated heterocycles. The number of alkyl carbamates (subject to hydrolysis) is 1. The fourth-order valence-corrected chi connectivity index (χ4v) is 4.01. The Hall–Kier alpha value is -3.60. The van der Waals surface area contributed by atoms with E-state index < -0.39 is 6.09 Å². The maximum atomic E-state index is 12.3. The quantitative estimate of drug-likeness (QED) is 0.583. The average Bonchev–Trinajstić information content (AvgIpc) is 3.09. The molecule has 4 rings (SSSR count). The molecule has 0 aromatic heterocycles. The number of ether oxygens (including phenoxy) is 1. The molecule has 0 atom stereocenters. The van der Waals surface area contributed by atoms with Crippen molar-refractivity contribution in [2.45, 2.75) is 38.8 Å². The molecule has 0 heterocycles. The van der Waals surface area contributed by atoms with Gasteiger partial charge in [-0.15, -0.1) is 0 Å². The summed E-state index contributed by atoms with van der Waals surface area (Å²) in [5, 5.41) is 5.73. The number of rotatable bonds is 5. The Morgan fingerprint density at radius 3 is 1.97 bits per heavy atom. The highest BCUT2D eigenvalue weighted by molar-refractivity contribution is 5.94. The highest BCUT2D eigenvalue weighted by Gasteiger charge is 2.28. The van der Waals surface area contributed by atoms with Crippen LogP contribution in [0.1, 0.15) is 53.7 Å². The van der Waals surface area contributed by atoms with E-state index in [0.29, 0.717) is 12.1 Å². The number of carbonyl (C=O) groups excluding carboxylic acids is 2. The van der Waals surface area contributed by atoms with Crippen molar-refractivity contribution in [3.05, 3.63) is 95.1 Å². The lowest BCUT2D eigenvalue weighted by atomic mass is 9.98. The van der Waals surface area contributed by atoms with Crippen LogP contribution in [0.15, 0.2) is 72.8 Å². The third-order valence-electron chi connectivity index (χ3n) is 5.49. The SMILES string of the molecule is CC(C)(C)NC(=O)c1ccc(CNC(=O)OCC2c3ccccc3-c3ccccc32)cc1. The molecule has 32 heavy (non-hydrogen) atoms. The Morgan fingerprint density at radius 2 is 1.41 bits per heavy atom. The van der Waals surface area contributed by atoms with E-state index >= 15 is 0 Å². The van der Waals surface area contributed by atoms with E-state index in [4.69, 9.17) is 4.74 Å². The number of amides is 2. The summed E-state index contributed by atoms with van der Waals surface area (Å²) >= 11 is 0. The summed E-state index contributed by atoms with van der Waals surface area (Å²) in [4.78, 5) is 24.6. The topological polar surface area (TPSA) is 67.4 Å². The van der Waals surface area contributed by atoms with Crippen molar-refractivity contribution >= 4 is 12.0 Å². The lowest BCUT2D eigenvalue weighted by Gasteiger charge is -2.20. The molecule has 0 aliphatic heterocycles. The fourth-order valence-electron chi connectivity index (χ4n) is 4.01. The molecule has 0 bridgehead atoms. The molecule has 1 aliphatic rings. The molecule has 3 aromatic rings. The Bertz CT molecular complexity index is 1080. The average molecular weight is 429 g/mol. The highest BCUT2D eigenvalue weighted by atomic mass is 16.5. The first kappa shape index (κ1) is 21.6. The highest BCUT2D eigenvalue weighted by Crippen LogP contribution is 2.44. The Kier molecular flexibility index (Phi) is 5.99. The summed E-state index contributed by atoms with van der Waals surface area (Å²) in [6.45, 7) is 6.44. The Labute approximate surface area is 188 Å². The zero-order chi connectivity index (χ0) is 22.7. The van der Waals surface area contributed by atoms with Crippen LogP contribution < -0.4 is 10.6 Å². The summed E-state index contributed by atoms with van der Waals surface area (Å²) in [5.41, 5.74) is 5.97.